The molecule has 33 heavy (non-hydrogen) atoms. The van der Waals surface area contributed by atoms with Crippen LogP contribution in [0.15, 0.2) is 43.6 Å². The largest absolute Gasteiger partial charge is 0.352 e. The van der Waals surface area contributed by atoms with Gasteiger partial charge in [0.25, 0.3) is 11.1 Å². The van der Waals surface area contributed by atoms with Crippen LogP contribution in [0.1, 0.15) is 18.1 Å². The van der Waals surface area contributed by atoms with Crippen LogP contribution < -0.4 is 27.8 Å². The number of carbonyl (C=O) groups is 1. The summed E-state index contributed by atoms with van der Waals surface area (Å²) < 4.78 is 3.40. The lowest BCUT2D eigenvalue weighted by molar-refractivity contribution is 0.241. The highest BCUT2D eigenvalue weighted by Crippen LogP contribution is 2.23. The molecule has 0 radical (unpaired) electrons. The van der Waals surface area contributed by atoms with E-state index in [1.807, 2.05) is 31.0 Å². The molecular weight excluding hydrogens is 430 g/mol. The maximum absolute atomic E-state index is 12.9. The molecule has 2 N–H and O–H groups in total. The zero-order valence-corrected chi connectivity index (χ0v) is 18.2. The summed E-state index contributed by atoms with van der Waals surface area (Å²) in [5.74, 6) is 0.112. The van der Waals surface area contributed by atoms with Crippen LogP contribution in [0.25, 0.3) is 22.6 Å². The Labute approximate surface area is 185 Å². The van der Waals surface area contributed by atoms with Crippen molar-refractivity contribution in [3.63, 3.8) is 0 Å². The average molecular weight is 451 g/mol. The first-order valence-corrected chi connectivity index (χ1v) is 10.2. The van der Waals surface area contributed by atoms with Gasteiger partial charge in [-0.2, -0.15) is 4.98 Å². The quantitative estimate of drug-likeness (QED) is 0.407. The van der Waals surface area contributed by atoms with Crippen LogP contribution in [0.3, 0.4) is 0 Å². The lowest BCUT2D eigenvalue weighted by atomic mass is 10.1. The van der Waals surface area contributed by atoms with Crippen LogP contribution in [0.4, 0.5) is 4.79 Å². The molecule has 0 saturated carbocycles. The second kappa shape index (κ2) is 8.30. The molecule has 0 fully saturated rings. The molecule has 0 bridgehead atoms. The first-order valence-electron chi connectivity index (χ1n) is 10.2. The van der Waals surface area contributed by atoms with Crippen molar-refractivity contribution in [1.82, 2.24) is 34.0 Å². The van der Waals surface area contributed by atoms with E-state index in [2.05, 4.69) is 15.3 Å². The molecule has 1 aromatic heterocycles. The van der Waals surface area contributed by atoms with Crippen molar-refractivity contribution in [2.75, 3.05) is 6.54 Å². The van der Waals surface area contributed by atoms with Crippen molar-refractivity contribution in [2.24, 2.45) is 0 Å². The molecule has 1 amide bonds. The number of benzene rings is 1. The SMILES string of the molecule is CCn1c(=O)nc2n(CCNC(=O)n3ccc(=O)[nH]c3=O)c3cc(C)c(C)cc3nc-2c1=O. The third-order valence-electron chi connectivity index (χ3n) is 5.43. The van der Waals surface area contributed by atoms with E-state index in [-0.39, 0.29) is 31.2 Å². The molecule has 3 heterocycles. The van der Waals surface area contributed by atoms with Gasteiger partial charge in [0.2, 0.25) is 0 Å². The number of nitrogens with zero attached hydrogens (tertiary/aromatic N) is 5. The molecule has 170 valence electrons. The molecule has 0 aliphatic carbocycles. The third kappa shape index (κ3) is 3.86. The van der Waals surface area contributed by atoms with Crippen molar-refractivity contribution < 1.29 is 4.79 Å². The second-order valence-corrected chi connectivity index (χ2v) is 7.52. The van der Waals surface area contributed by atoms with Gasteiger partial charge in [-0.1, -0.05) is 0 Å². The number of carbonyl (C=O) groups excluding carboxylic acids is 1. The fraction of sp³-hybridized carbons (Fsp3) is 0.286. The minimum Gasteiger partial charge on any atom is -0.335 e. The number of fused-ring (bicyclic) bond motifs is 2. The lowest BCUT2D eigenvalue weighted by Crippen LogP contribution is -2.41. The Hall–Kier alpha value is -4.35. The highest BCUT2D eigenvalue weighted by atomic mass is 16.2. The van der Waals surface area contributed by atoms with E-state index < -0.39 is 28.5 Å². The number of rotatable bonds is 4. The fourth-order valence-corrected chi connectivity index (χ4v) is 3.57. The molecule has 2 aliphatic heterocycles. The van der Waals surface area contributed by atoms with E-state index >= 15 is 0 Å². The summed E-state index contributed by atoms with van der Waals surface area (Å²) in [6.07, 6.45) is 1.07. The number of H-pyrrole nitrogens is 1. The van der Waals surface area contributed by atoms with Gasteiger partial charge in [0.15, 0.2) is 11.5 Å². The number of hydrogen-bond donors (Lipinski definition) is 2. The monoisotopic (exact) mass is 451 g/mol. The van der Waals surface area contributed by atoms with E-state index in [1.165, 1.54) is 0 Å². The molecule has 1 aromatic carbocycles. The lowest BCUT2D eigenvalue weighted by Gasteiger charge is -2.19. The van der Waals surface area contributed by atoms with E-state index in [1.54, 1.807) is 11.5 Å². The number of aromatic amines is 1. The Morgan fingerprint density at radius 3 is 2.48 bits per heavy atom. The van der Waals surface area contributed by atoms with Crippen LogP contribution in [-0.2, 0) is 13.1 Å². The molecule has 12 nitrogen and oxygen atoms in total. The predicted molar refractivity (Wildman–Crippen MR) is 120 cm³/mol. The van der Waals surface area contributed by atoms with Gasteiger partial charge in [0.1, 0.15) is 0 Å². The minimum atomic E-state index is -0.864. The van der Waals surface area contributed by atoms with E-state index in [0.29, 0.717) is 11.0 Å². The first-order chi connectivity index (χ1) is 15.7. The summed E-state index contributed by atoms with van der Waals surface area (Å²) in [6.45, 7) is 5.88. The van der Waals surface area contributed by atoms with Gasteiger partial charge in [0.05, 0.1) is 11.0 Å². The van der Waals surface area contributed by atoms with Gasteiger partial charge in [-0.3, -0.25) is 19.1 Å². The molecular formula is C21H21N7O5. The van der Waals surface area contributed by atoms with Gasteiger partial charge < -0.3 is 9.88 Å². The van der Waals surface area contributed by atoms with Crippen LogP contribution in [-0.4, -0.2) is 41.2 Å². The molecule has 0 spiro atoms. The van der Waals surface area contributed by atoms with Crippen molar-refractivity contribution in [2.45, 2.75) is 33.9 Å². The summed E-state index contributed by atoms with van der Waals surface area (Å²) >= 11 is 0. The topological polar surface area (TPSA) is 154 Å². The zero-order chi connectivity index (χ0) is 23.9. The van der Waals surface area contributed by atoms with Crippen LogP contribution in [0, 0.1) is 13.8 Å². The predicted octanol–water partition coefficient (Wildman–Crippen LogP) is -0.197. The summed E-state index contributed by atoms with van der Waals surface area (Å²) in [6, 6.07) is 4.05. The Morgan fingerprint density at radius 1 is 1.06 bits per heavy atom. The number of amides is 1. The van der Waals surface area contributed by atoms with Crippen molar-refractivity contribution in [1.29, 1.82) is 0 Å². The van der Waals surface area contributed by atoms with Gasteiger partial charge >= 0.3 is 17.4 Å². The Kier molecular flexibility index (Phi) is 5.50. The van der Waals surface area contributed by atoms with E-state index in [0.717, 1.165) is 32.5 Å². The number of nitrogens with one attached hydrogen (secondary N) is 2. The zero-order valence-electron chi connectivity index (χ0n) is 18.2. The normalized spacial score (nSPS) is 11.2. The first kappa shape index (κ1) is 21.9. The van der Waals surface area contributed by atoms with Gasteiger partial charge in [0, 0.05) is 31.9 Å². The number of hydrogen-bond acceptors (Lipinski definition) is 7. The standard InChI is InChI=1S/C21H21N7O5/c1-4-26-18(30)16-17(25-21(26)33)27(14-10-12(3)11(2)9-13(14)23-16)8-6-22-19(31)28-7-5-15(29)24-20(28)32/h5,7,9-10H,4,6,8H2,1-3H3,(H,22,31)(H,24,29,32). The maximum atomic E-state index is 12.9. The van der Waals surface area contributed by atoms with E-state index in [4.69, 9.17) is 0 Å². The smallest absolute Gasteiger partial charge is 0.335 e. The molecule has 0 saturated heterocycles. The average Bonchev–Trinajstić information content (AvgIpc) is 2.75. The summed E-state index contributed by atoms with van der Waals surface area (Å²) in [5.41, 5.74) is 0.503. The number of aryl methyl sites for hydroxylation is 2. The fourth-order valence-electron chi connectivity index (χ4n) is 3.57. The molecule has 12 heteroatoms. The van der Waals surface area contributed by atoms with Gasteiger partial charge in [-0.15, -0.1) is 0 Å². The number of aromatic nitrogens is 6. The van der Waals surface area contributed by atoms with Crippen LogP contribution >= 0.6 is 0 Å². The Bertz CT molecular complexity index is 1610. The minimum absolute atomic E-state index is 0.0446. The van der Waals surface area contributed by atoms with Gasteiger partial charge in [-0.05, 0) is 44.0 Å². The summed E-state index contributed by atoms with van der Waals surface area (Å²) in [4.78, 5) is 71.2. The molecule has 4 rings (SSSR count). The van der Waals surface area contributed by atoms with E-state index in [9.17, 15) is 24.0 Å². The highest BCUT2D eigenvalue weighted by molar-refractivity contribution is 5.81. The molecule has 2 aliphatic rings. The molecule has 0 atom stereocenters. The second-order valence-electron chi connectivity index (χ2n) is 7.52. The summed E-state index contributed by atoms with van der Waals surface area (Å²) in [7, 11) is 0. The summed E-state index contributed by atoms with van der Waals surface area (Å²) in [5, 5.41) is 2.59. The van der Waals surface area contributed by atoms with Crippen molar-refractivity contribution in [3.05, 3.63) is 77.2 Å². The van der Waals surface area contributed by atoms with Crippen LogP contribution in [0.2, 0.25) is 0 Å². The van der Waals surface area contributed by atoms with Crippen molar-refractivity contribution >= 4 is 17.1 Å². The Balaban J connectivity index is 1.79. The highest BCUT2D eigenvalue weighted by Gasteiger charge is 2.21. The maximum Gasteiger partial charge on any atom is 0.352 e. The van der Waals surface area contributed by atoms with Crippen molar-refractivity contribution in [3.8, 4) is 11.5 Å². The van der Waals surface area contributed by atoms with Gasteiger partial charge in [-0.25, -0.2) is 23.9 Å². The third-order valence-corrected chi connectivity index (χ3v) is 5.43. The molecule has 0 unspecified atom stereocenters. The molecule has 2 aromatic rings. The Morgan fingerprint density at radius 2 is 1.79 bits per heavy atom. The van der Waals surface area contributed by atoms with Crippen LogP contribution in [0.5, 0.6) is 0 Å².